The van der Waals surface area contributed by atoms with Crippen LogP contribution < -0.4 is 5.73 Å². The van der Waals surface area contributed by atoms with Crippen LogP contribution in [0, 0.1) is 35.5 Å². The number of rotatable bonds is 2. The highest BCUT2D eigenvalue weighted by Crippen LogP contribution is 2.50. The molecule has 0 aromatic heterocycles. The number of amides is 1. The van der Waals surface area contributed by atoms with Gasteiger partial charge in [0.15, 0.2) is 34.7 Å². The summed E-state index contributed by atoms with van der Waals surface area (Å²) < 4.78 is 0. The van der Waals surface area contributed by atoms with E-state index >= 15 is 0 Å². The molecule has 0 bridgehead atoms. The predicted octanol–water partition coefficient (Wildman–Crippen LogP) is -0.0276. The molecule has 0 spiro atoms. The van der Waals surface area contributed by atoms with Gasteiger partial charge in [0.05, 0.1) is 17.5 Å². The third-order valence-electron chi connectivity index (χ3n) is 8.13. The van der Waals surface area contributed by atoms with Crippen LogP contribution in [0.25, 0.3) is 0 Å². The van der Waals surface area contributed by atoms with Gasteiger partial charge in [0, 0.05) is 17.0 Å². The lowest BCUT2D eigenvalue weighted by molar-refractivity contribution is -0.181. The van der Waals surface area contributed by atoms with Gasteiger partial charge in [0.25, 0.3) is 0 Å². The first-order valence-corrected chi connectivity index (χ1v) is 12.4. The highest BCUT2D eigenvalue weighted by atomic mass is 16.3. The van der Waals surface area contributed by atoms with Crippen molar-refractivity contribution in [2.75, 3.05) is 14.1 Å². The monoisotopic (exact) mass is 530 g/mol. The number of hydrogen-bond acceptors (Lipinski definition) is 9. The molecule has 6 atom stereocenters. The van der Waals surface area contributed by atoms with Crippen molar-refractivity contribution in [3.8, 4) is 23.3 Å². The second kappa shape index (κ2) is 9.15. The van der Waals surface area contributed by atoms with E-state index in [0.29, 0.717) is 16.7 Å². The summed E-state index contributed by atoms with van der Waals surface area (Å²) in [6.45, 7) is 0. The van der Waals surface area contributed by atoms with Crippen LogP contribution in [-0.4, -0.2) is 75.0 Å². The topological polar surface area (TPSA) is 175 Å². The number of carbonyl (C=O) groups is 5. The highest BCUT2D eigenvalue weighted by Gasteiger charge is 2.69. The van der Waals surface area contributed by atoms with E-state index in [4.69, 9.17) is 5.73 Å². The van der Waals surface area contributed by atoms with Crippen LogP contribution in [0.15, 0.2) is 36.4 Å². The Morgan fingerprint density at radius 2 is 1.77 bits per heavy atom. The van der Waals surface area contributed by atoms with Gasteiger partial charge in [0.2, 0.25) is 5.91 Å². The molecule has 0 saturated heterocycles. The van der Waals surface area contributed by atoms with Gasteiger partial charge in [-0.25, -0.2) is 0 Å². The van der Waals surface area contributed by atoms with Crippen LogP contribution in [0.2, 0.25) is 0 Å². The molecule has 39 heavy (non-hydrogen) atoms. The van der Waals surface area contributed by atoms with Crippen molar-refractivity contribution < 1.29 is 39.3 Å². The number of nitrogens with zero attached hydrogens (tertiary/aromatic N) is 1. The van der Waals surface area contributed by atoms with Crippen LogP contribution in [-0.2, 0) is 25.6 Å². The molecule has 0 heterocycles. The quantitative estimate of drug-likeness (QED) is 0.307. The molecule has 0 aliphatic heterocycles. The summed E-state index contributed by atoms with van der Waals surface area (Å²) in [5.74, 6) is -5.06. The van der Waals surface area contributed by atoms with Crippen LogP contribution in [0.1, 0.15) is 33.5 Å². The van der Waals surface area contributed by atoms with Crippen LogP contribution in [0.4, 0.5) is 0 Å². The number of benzene rings is 2. The van der Waals surface area contributed by atoms with E-state index in [1.165, 1.54) is 37.2 Å². The number of nitrogens with two attached hydrogens (primary N) is 1. The molecule has 2 unspecified atom stereocenters. The number of Topliss-reactive ketones (excluding diaryl/α,β-unsaturated/α-hetero) is 4. The number of aromatic hydroxyl groups is 2. The van der Waals surface area contributed by atoms with Gasteiger partial charge in [-0.1, -0.05) is 17.9 Å². The number of ketones is 4. The number of carbonyl (C=O) groups excluding carboxylic acids is 5. The van der Waals surface area contributed by atoms with Crippen LogP contribution >= 0.6 is 0 Å². The number of likely N-dealkylation sites (N-methyl/N-ethyl adjacent to an activating group) is 1. The maximum absolute atomic E-state index is 13.8. The fourth-order valence-electron chi connectivity index (χ4n) is 6.45. The van der Waals surface area contributed by atoms with Gasteiger partial charge in [-0.05, 0) is 68.8 Å². The molecule has 200 valence electrons. The van der Waals surface area contributed by atoms with Crippen LogP contribution in [0.5, 0.6) is 11.5 Å². The SMILES string of the molecule is CN(C)[C@@H]1C(=O)C(C(N)=O)C(=O)[C@@]2(O)C(=O)C3C(=O)c4c(O)ccc(C#Cc5cccc(O)c5)c4C[C@H]3C[C@@H]12. The normalized spacial score (nSPS) is 29.7. The molecule has 1 amide bonds. The zero-order valence-corrected chi connectivity index (χ0v) is 21.2. The molecule has 2 aromatic carbocycles. The smallest absolute Gasteiger partial charge is 0.235 e. The minimum Gasteiger partial charge on any atom is -0.508 e. The average Bonchev–Trinajstić information content (AvgIpc) is 2.85. The van der Waals surface area contributed by atoms with E-state index in [0.717, 1.165) is 0 Å². The standard InChI is InChI=1S/C29H26N2O8/c1-31(2)23-18-12-15-11-17-14(7-6-13-4-3-5-16(32)10-13)8-9-19(33)21(17)24(34)20(15)26(36)29(18,39)27(37)22(25(23)35)28(30)38/h3-5,8-10,15,18,20,22-23,32-33,39H,11-12H2,1-2H3,(H2,30,38)/t15-,18-,20?,22?,23-,29-/m0/s1. The van der Waals surface area contributed by atoms with Gasteiger partial charge >= 0.3 is 0 Å². The third kappa shape index (κ3) is 3.85. The largest absolute Gasteiger partial charge is 0.508 e. The Labute approximate surface area is 223 Å². The lowest BCUT2D eigenvalue weighted by Gasteiger charge is -2.52. The van der Waals surface area contributed by atoms with E-state index in [2.05, 4.69) is 11.8 Å². The lowest BCUT2D eigenvalue weighted by atomic mass is 9.52. The van der Waals surface area contributed by atoms with Gasteiger partial charge in [-0.2, -0.15) is 0 Å². The van der Waals surface area contributed by atoms with Crippen LogP contribution in [0.3, 0.4) is 0 Å². The number of primary amides is 1. The van der Waals surface area contributed by atoms with Crippen molar-refractivity contribution in [3.63, 3.8) is 0 Å². The predicted molar refractivity (Wildman–Crippen MR) is 135 cm³/mol. The first-order valence-electron chi connectivity index (χ1n) is 12.4. The first-order chi connectivity index (χ1) is 18.4. The number of phenols is 2. The van der Waals surface area contributed by atoms with Crippen molar-refractivity contribution >= 4 is 29.0 Å². The lowest BCUT2D eigenvalue weighted by Crippen LogP contribution is -2.74. The minimum atomic E-state index is -2.76. The van der Waals surface area contributed by atoms with E-state index in [-0.39, 0.29) is 29.9 Å². The summed E-state index contributed by atoms with van der Waals surface area (Å²) in [7, 11) is 3.06. The summed E-state index contributed by atoms with van der Waals surface area (Å²) in [5, 5.41) is 31.9. The maximum atomic E-state index is 13.8. The average molecular weight is 531 g/mol. The van der Waals surface area contributed by atoms with Crippen molar-refractivity contribution in [1.82, 2.24) is 4.90 Å². The molecule has 10 nitrogen and oxygen atoms in total. The number of phenolic OH excluding ortho intramolecular Hbond substituents is 2. The van der Waals surface area contributed by atoms with E-state index in [1.54, 1.807) is 18.2 Å². The molecule has 2 fully saturated rings. The number of hydrogen-bond donors (Lipinski definition) is 4. The molecule has 3 aliphatic carbocycles. The molecular formula is C29H26N2O8. The van der Waals surface area contributed by atoms with Crippen molar-refractivity contribution in [1.29, 1.82) is 0 Å². The zero-order chi connectivity index (χ0) is 28.4. The van der Waals surface area contributed by atoms with E-state index in [1.807, 2.05) is 0 Å². The Morgan fingerprint density at radius 3 is 2.41 bits per heavy atom. The molecule has 2 saturated carbocycles. The van der Waals surface area contributed by atoms with Gasteiger partial charge < -0.3 is 21.1 Å². The van der Waals surface area contributed by atoms with E-state index in [9.17, 15) is 39.3 Å². The van der Waals surface area contributed by atoms with E-state index < -0.39 is 64.4 Å². The molecule has 0 radical (unpaired) electrons. The highest BCUT2D eigenvalue weighted by molar-refractivity contribution is 6.32. The second-order valence-corrected chi connectivity index (χ2v) is 10.6. The summed E-state index contributed by atoms with van der Waals surface area (Å²) >= 11 is 0. The third-order valence-corrected chi connectivity index (χ3v) is 8.13. The summed E-state index contributed by atoms with van der Waals surface area (Å²) in [6, 6.07) is 7.96. The van der Waals surface area contributed by atoms with Gasteiger partial charge in [-0.3, -0.25) is 28.9 Å². The molecule has 3 aliphatic rings. The fraction of sp³-hybridized carbons (Fsp3) is 0.345. The Hall–Kier alpha value is -4.33. The Bertz CT molecular complexity index is 1530. The fourth-order valence-corrected chi connectivity index (χ4v) is 6.45. The van der Waals surface area contributed by atoms with Crippen molar-refractivity contribution in [2.24, 2.45) is 29.4 Å². The summed E-state index contributed by atoms with van der Waals surface area (Å²) in [4.78, 5) is 67.5. The summed E-state index contributed by atoms with van der Waals surface area (Å²) in [5.41, 5.74) is 3.80. The minimum absolute atomic E-state index is 0.0337. The van der Waals surface area contributed by atoms with Crippen molar-refractivity contribution in [2.45, 2.75) is 24.5 Å². The number of aliphatic hydroxyl groups is 1. The first kappa shape index (κ1) is 26.3. The Balaban J connectivity index is 1.61. The molecular weight excluding hydrogens is 504 g/mol. The number of fused-ring (bicyclic) bond motifs is 3. The summed E-state index contributed by atoms with van der Waals surface area (Å²) in [6.07, 6.45) is 0.0727. The van der Waals surface area contributed by atoms with Gasteiger partial charge in [0.1, 0.15) is 11.5 Å². The maximum Gasteiger partial charge on any atom is 0.235 e. The Kier molecular flexibility index (Phi) is 6.17. The van der Waals surface area contributed by atoms with Gasteiger partial charge in [-0.15, -0.1) is 0 Å². The zero-order valence-electron chi connectivity index (χ0n) is 21.2. The second-order valence-electron chi connectivity index (χ2n) is 10.6. The molecule has 10 heteroatoms. The molecule has 2 aromatic rings. The Morgan fingerprint density at radius 1 is 1.05 bits per heavy atom. The molecule has 5 rings (SSSR count). The molecule has 5 N–H and O–H groups in total. The van der Waals surface area contributed by atoms with Crippen molar-refractivity contribution in [3.05, 3.63) is 58.7 Å².